The van der Waals surface area contributed by atoms with E-state index >= 15 is 0 Å². The van der Waals surface area contributed by atoms with Crippen LogP contribution in [0.3, 0.4) is 0 Å². The quantitative estimate of drug-likeness (QED) is 0.418. The van der Waals surface area contributed by atoms with E-state index in [0.717, 1.165) is 18.6 Å². The van der Waals surface area contributed by atoms with Crippen LogP contribution >= 0.6 is 0 Å². The normalized spacial score (nSPS) is 11.4. The van der Waals surface area contributed by atoms with Gasteiger partial charge in [0.15, 0.2) is 23.1 Å². The summed E-state index contributed by atoms with van der Waals surface area (Å²) in [5.74, 6) is -5.92. The van der Waals surface area contributed by atoms with E-state index in [-0.39, 0.29) is 35.9 Å². The second kappa shape index (κ2) is 6.82. The summed E-state index contributed by atoms with van der Waals surface area (Å²) in [5, 5.41) is -0.928. The monoisotopic (exact) mass is 356 g/mol. The van der Waals surface area contributed by atoms with Crippen LogP contribution in [0.25, 0.3) is 21.9 Å². The van der Waals surface area contributed by atoms with E-state index in [9.17, 15) is 17.6 Å². The highest BCUT2D eigenvalue weighted by Crippen LogP contribution is 2.40. The number of unbranched alkanes of at least 4 members (excludes halogenated alkanes) is 1. The largest absolute Gasteiger partial charge is 0.491 e. The van der Waals surface area contributed by atoms with Crippen LogP contribution in [0.4, 0.5) is 17.6 Å². The molecule has 0 amide bonds. The Labute approximate surface area is 141 Å². The molecule has 0 saturated carbocycles. The molecule has 0 aliphatic rings. The van der Waals surface area contributed by atoms with Crippen LogP contribution < -0.4 is 9.47 Å². The summed E-state index contributed by atoms with van der Waals surface area (Å²) < 4.78 is 72.7. The van der Waals surface area contributed by atoms with E-state index in [0.29, 0.717) is 6.42 Å². The molecule has 3 aromatic rings. The third-order valence-corrected chi connectivity index (χ3v) is 3.80. The van der Waals surface area contributed by atoms with Gasteiger partial charge in [0.2, 0.25) is 11.6 Å². The molecule has 25 heavy (non-hydrogen) atoms. The van der Waals surface area contributed by atoms with Crippen molar-refractivity contribution in [2.75, 3.05) is 13.2 Å². The molecule has 7 heteroatoms. The highest BCUT2D eigenvalue weighted by molar-refractivity contribution is 6.06. The maximum Gasteiger partial charge on any atom is 0.201 e. The lowest BCUT2D eigenvalue weighted by atomic mass is 10.1. The van der Waals surface area contributed by atoms with E-state index in [4.69, 9.17) is 13.9 Å². The highest BCUT2D eigenvalue weighted by atomic mass is 19.2. The molecule has 0 bridgehead atoms. The molecular weight excluding hydrogens is 340 g/mol. The van der Waals surface area contributed by atoms with Crippen LogP contribution in [-0.4, -0.2) is 13.2 Å². The van der Waals surface area contributed by atoms with E-state index in [1.807, 2.05) is 6.92 Å². The van der Waals surface area contributed by atoms with Gasteiger partial charge in [-0.2, -0.15) is 8.78 Å². The van der Waals surface area contributed by atoms with Gasteiger partial charge in [-0.1, -0.05) is 13.3 Å². The van der Waals surface area contributed by atoms with Crippen LogP contribution in [0.1, 0.15) is 26.7 Å². The lowest BCUT2D eigenvalue weighted by Gasteiger charge is -2.07. The number of hydrogen-bond donors (Lipinski definition) is 0. The number of fused-ring (bicyclic) bond motifs is 3. The molecule has 1 heterocycles. The number of benzene rings is 2. The van der Waals surface area contributed by atoms with Crippen molar-refractivity contribution in [2.45, 2.75) is 26.7 Å². The average Bonchev–Trinajstić information content (AvgIpc) is 2.95. The molecule has 0 N–H and O–H groups in total. The zero-order valence-corrected chi connectivity index (χ0v) is 13.7. The van der Waals surface area contributed by atoms with Crippen molar-refractivity contribution in [3.63, 3.8) is 0 Å². The minimum Gasteiger partial charge on any atom is -0.491 e. The molecule has 0 atom stereocenters. The molecule has 3 nitrogen and oxygen atoms in total. The maximum atomic E-state index is 14.5. The highest BCUT2D eigenvalue weighted by Gasteiger charge is 2.25. The second-order valence-corrected chi connectivity index (χ2v) is 5.49. The molecule has 0 aliphatic heterocycles. The minimum atomic E-state index is -1.35. The molecule has 2 aromatic carbocycles. The summed E-state index contributed by atoms with van der Waals surface area (Å²) in [6, 6.07) is 2.26. The predicted octanol–water partition coefficient (Wildman–Crippen LogP) is 5.72. The molecule has 0 spiro atoms. The molecular formula is C18H16F4O3. The fourth-order valence-corrected chi connectivity index (χ4v) is 2.60. The van der Waals surface area contributed by atoms with Crippen molar-refractivity contribution in [2.24, 2.45) is 0 Å². The summed E-state index contributed by atoms with van der Waals surface area (Å²) >= 11 is 0. The lowest BCUT2D eigenvalue weighted by Crippen LogP contribution is -2.00. The Morgan fingerprint density at radius 2 is 1.32 bits per heavy atom. The van der Waals surface area contributed by atoms with Gasteiger partial charge in [-0.25, -0.2) is 8.78 Å². The van der Waals surface area contributed by atoms with Gasteiger partial charge in [0.1, 0.15) is 11.2 Å². The number of hydrogen-bond acceptors (Lipinski definition) is 3. The lowest BCUT2D eigenvalue weighted by molar-refractivity contribution is 0.289. The van der Waals surface area contributed by atoms with Crippen molar-refractivity contribution >= 4 is 21.9 Å². The van der Waals surface area contributed by atoms with Crippen molar-refractivity contribution in [1.82, 2.24) is 0 Å². The predicted molar refractivity (Wildman–Crippen MR) is 85.1 cm³/mol. The van der Waals surface area contributed by atoms with E-state index < -0.39 is 34.0 Å². The average molecular weight is 356 g/mol. The minimum absolute atomic E-state index is 0.112. The Kier molecular flexibility index (Phi) is 4.74. The summed E-state index contributed by atoms with van der Waals surface area (Å²) in [6.45, 7) is 3.85. The van der Waals surface area contributed by atoms with E-state index in [2.05, 4.69) is 0 Å². The third kappa shape index (κ3) is 2.88. The zero-order chi connectivity index (χ0) is 18.1. The summed E-state index contributed by atoms with van der Waals surface area (Å²) in [5.41, 5.74) is -0.270. The Hall–Kier alpha value is -2.44. The maximum absolute atomic E-state index is 14.5. The summed E-state index contributed by atoms with van der Waals surface area (Å²) in [7, 11) is 0. The topological polar surface area (TPSA) is 31.6 Å². The third-order valence-electron chi connectivity index (χ3n) is 3.80. The Balaban J connectivity index is 2.23. The number of halogens is 4. The van der Waals surface area contributed by atoms with Crippen molar-refractivity contribution in [3.8, 4) is 11.5 Å². The first-order chi connectivity index (χ1) is 12.0. The van der Waals surface area contributed by atoms with Gasteiger partial charge < -0.3 is 13.9 Å². The fourth-order valence-electron chi connectivity index (χ4n) is 2.60. The molecule has 0 unspecified atom stereocenters. The first-order valence-electron chi connectivity index (χ1n) is 7.97. The Bertz CT molecular complexity index is 934. The Morgan fingerprint density at radius 3 is 1.80 bits per heavy atom. The van der Waals surface area contributed by atoms with Crippen LogP contribution in [0.5, 0.6) is 11.5 Å². The van der Waals surface area contributed by atoms with Gasteiger partial charge in [-0.15, -0.1) is 0 Å². The van der Waals surface area contributed by atoms with Crippen LogP contribution in [0.2, 0.25) is 0 Å². The van der Waals surface area contributed by atoms with E-state index in [1.54, 1.807) is 6.92 Å². The zero-order valence-electron chi connectivity index (χ0n) is 13.7. The summed E-state index contributed by atoms with van der Waals surface area (Å²) in [4.78, 5) is 0. The van der Waals surface area contributed by atoms with Gasteiger partial charge in [0.05, 0.1) is 24.0 Å². The van der Waals surface area contributed by atoms with Crippen LogP contribution in [0.15, 0.2) is 16.5 Å². The van der Waals surface area contributed by atoms with Gasteiger partial charge in [-0.05, 0) is 13.3 Å². The van der Waals surface area contributed by atoms with E-state index in [1.165, 1.54) is 0 Å². The SMILES string of the molecule is CCCCOc1cc2oc3cc(OCC)c(F)c(F)c3c2c(F)c1F. The number of ether oxygens (including phenoxy) is 2. The van der Waals surface area contributed by atoms with Crippen molar-refractivity contribution < 1.29 is 31.5 Å². The molecule has 1 aromatic heterocycles. The van der Waals surface area contributed by atoms with Crippen LogP contribution in [0, 0.1) is 23.3 Å². The molecule has 0 saturated heterocycles. The molecule has 0 radical (unpaired) electrons. The Morgan fingerprint density at radius 1 is 0.800 bits per heavy atom. The first kappa shape index (κ1) is 17.4. The van der Waals surface area contributed by atoms with Gasteiger partial charge in [0, 0.05) is 12.1 Å². The van der Waals surface area contributed by atoms with Gasteiger partial charge in [0.25, 0.3) is 0 Å². The molecule has 0 fully saturated rings. The van der Waals surface area contributed by atoms with Crippen LogP contribution in [-0.2, 0) is 0 Å². The first-order valence-corrected chi connectivity index (χ1v) is 7.97. The molecule has 134 valence electrons. The van der Waals surface area contributed by atoms with Gasteiger partial charge >= 0.3 is 0 Å². The van der Waals surface area contributed by atoms with Gasteiger partial charge in [-0.3, -0.25) is 0 Å². The second-order valence-electron chi connectivity index (χ2n) is 5.49. The fraction of sp³-hybridized carbons (Fsp3) is 0.333. The summed E-state index contributed by atoms with van der Waals surface area (Å²) in [6.07, 6.45) is 1.48. The van der Waals surface area contributed by atoms with Crippen molar-refractivity contribution in [1.29, 1.82) is 0 Å². The van der Waals surface area contributed by atoms with Crippen molar-refractivity contribution in [3.05, 3.63) is 35.4 Å². The standard InChI is InChI=1S/C18H16F4O3/c1-3-5-6-24-12-8-10-14(18(22)16(12)20)13-9(25-10)7-11(23-4-2)15(19)17(13)21/h7-8H,3-6H2,1-2H3. The number of rotatable bonds is 6. The smallest absolute Gasteiger partial charge is 0.201 e. The molecule has 3 rings (SSSR count). The number of furan rings is 1. The molecule has 0 aliphatic carbocycles.